The van der Waals surface area contributed by atoms with Crippen molar-refractivity contribution in [2.24, 2.45) is 0 Å². The maximum atomic E-state index is 13.5. The molecule has 0 unspecified atom stereocenters. The van der Waals surface area contributed by atoms with Crippen molar-refractivity contribution in [2.45, 2.75) is 11.8 Å². The second kappa shape index (κ2) is 10.8. The maximum absolute atomic E-state index is 13.5. The van der Waals surface area contributed by atoms with E-state index in [-0.39, 0.29) is 36.3 Å². The van der Waals surface area contributed by atoms with Crippen LogP contribution in [0.3, 0.4) is 0 Å². The van der Waals surface area contributed by atoms with Crippen LogP contribution >= 0.6 is 0 Å². The van der Waals surface area contributed by atoms with Crippen LogP contribution in [0, 0.1) is 12.7 Å². The average molecular weight is 473 g/mol. The number of halogens is 1. The lowest BCUT2D eigenvalue weighted by atomic mass is 10.2. The Morgan fingerprint density at radius 2 is 1.64 bits per heavy atom. The molecule has 0 aliphatic rings. The van der Waals surface area contributed by atoms with Crippen molar-refractivity contribution in [1.82, 2.24) is 5.32 Å². The molecule has 0 spiro atoms. The fraction of sp³-hybridized carbons (Fsp3) is 0.208. The number of aryl methyl sites for hydroxylation is 1. The summed E-state index contributed by atoms with van der Waals surface area (Å²) in [6, 6.07) is 19.0. The minimum atomic E-state index is -3.69. The van der Waals surface area contributed by atoms with E-state index in [1.165, 1.54) is 23.5 Å². The third-order valence-electron chi connectivity index (χ3n) is 4.77. The van der Waals surface area contributed by atoms with Gasteiger partial charge < -0.3 is 14.8 Å². The van der Waals surface area contributed by atoms with Crippen molar-refractivity contribution < 1.29 is 27.1 Å². The van der Waals surface area contributed by atoms with E-state index in [1.807, 2.05) is 6.92 Å². The normalized spacial score (nSPS) is 11.0. The molecule has 0 aromatic heterocycles. The number of nitrogens with one attached hydrogen (secondary N) is 1. The molecule has 3 rings (SSSR count). The number of hydrogen-bond acceptors (Lipinski definition) is 5. The molecule has 0 fully saturated rings. The number of amides is 1. The smallest absolute Gasteiger partial charge is 0.264 e. The fourth-order valence-electron chi connectivity index (χ4n) is 2.87. The molecule has 1 N–H and O–H groups in total. The molecule has 174 valence electrons. The highest BCUT2D eigenvalue weighted by Crippen LogP contribution is 2.24. The third-order valence-corrected chi connectivity index (χ3v) is 6.57. The molecule has 1 amide bonds. The Bertz CT molecular complexity index is 1180. The van der Waals surface area contributed by atoms with Crippen LogP contribution in [0.25, 0.3) is 0 Å². The topological polar surface area (TPSA) is 84.9 Å². The quantitative estimate of drug-likeness (QED) is 0.457. The first-order chi connectivity index (χ1) is 15.8. The van der Waals surface area contributed by atoms with Gasteiger partial charge in [-0.2, -0.15) is 0 Å². The number of hydrogen-bond donors (Lipinski definition) is 1. The van der Waals surface area contributed by atoms with Gasteiger partial charge >= 0.3 is 0 Å². The fourth-order valence-corrected chi connectivity index (χ4v) is 4.07. The van der Waals surface area contributed by atoms with Crippen molar-refractivity contribution >= 4 is 21.6 Å². The lowest BCUT2D eigenvalue weighted by molar-refractivity contribution is -0.123. The molecule has 3 aromatic rings. The number of sulfonamides is 1. The van der Waals surface area contributed by atoms with Crippen LogP contribution < -0.4 is 19.1 Å². The second-order valence-electron chi connectivity index (χ2n) is 7.20. The van der Waals surface area contributed by atoms with Gasteiger partial charge in [-0.05, 0) is 55.5 Å². The molecule has 3 aromatic carbocycles. The highest BCUT2D eigenvalue weighted by Gasteiger charge is 2.21. The first kappa shape index (κ1) is 24.1. The summed E-state index contributed by atoms with van der Waals surface area (Å²) in [7, 11) is -2.22. The average Bonchev–Trinajstić information content (AvgIpc) is 2.81. The minimum Gasteiger partial charge on any atom is -0.489 e. The second-order valence-corrected chi connectivity index (χ2v) is 9.17. The number of para-hydroxylation sites is 1. The van der Waals surface area contributed by atoms with Gasteiger partial charge in [0, 0.05) is 7.05 Å². The highest BCUT2D eigenvalue weighted by molar-refractivity contribution is 7.92. The van der Waals surface area contributed by atoms with Gasteiger partial charge in [0.2, 0.25) is 0 Å². The molecule has 0 aliphatic heterocycles. The van der Waals surface area contributed by atoms with Gasteiger partial charge in [0.1, 0.15) is 12.4 Å². The molecule has 0 saturated heterocycles. The van der Waals surface area contributed by atoms with Crippen LogP contribution in [0.2, 0.25) is 0 Å². The molecule has 9 heteroatoms. The number of carbonyl (C=O) groups is 1. The largest absolute Gasteiger partial charge is 0.489 e. The van der Waals surface area contributed by atoms with Crippen LogP contribution in [-0.4, -0.2) is 41.1 Å². The van der Waals surface area contributed by atoms with E-state index in [9.17, 15) is 17.6 Å². The Labute approximate surface area is 192 Å². The lowest BCUT2D eigenvalue weighted by Gasteiger charge is -2.20. The van der Waals surface area contributed by atoms with Gasteiger partial charge in [0.05, 0.1) is 17.1 Å². The molecule has 0 heterocycles. The number of ether oxygens (including phenoxy) is 2. The van der Waals surface area contributed by atoms with Crippen LogP contribution in [-0.2, 0) is 14.8 Å². The monoisotopic (exact) mass is 472 g/mol. The number of anilines is 1. The summed E-state index contributed by atoms with van der Waals surface area (Å²) in [6.07, 6.45) is 0. The van der Waals surface area contributed by atoms with Crippen LogP contribution in [0.4, 0.5) is 10.1 Å². The Hall–Kier alpha value is -3.59. The van der Waals surface area contributed by atoms with Crippen molar-refractivity contribution in [1.29, 1.82) is 0 Å². The molecule has 0 saturated carbocycles. The van der Waals surface area contributed by atoms with E-state index < -0.39 is 15.8 Å². The third kappa shape index (κ3) is 6.45. The van der Waals surface area contributed by atoms with Crippen molar-refractivity contribution in [3.63, 3.8) is 0 Å². The van der Waals surface area contributed by atoms with Gasteiger partial charge in [-0.3, -0.25) is 9.10 Å². The Morgan fingerprint density at radius 3 is 2.30 bits per heavy atom. The predicted octanol–water partition coefficient (Wildman–Crippen LogP) is 3.53. The van der Waals surface area contributed by atoms with E-state index >= 15 is 0 Å². The van der Waals surface area contributed by atoms with Gasteiger partial charge in [0.15, 0.2) is 18.2 Å². The summed E-state index contributed by atoms with van der Waals surface area (Å²) in [5, 5.41) is 2.62. The number of benzene rings is 3. The summed E-state index contributed by atoms with van der Waals surface area (Å²) >= 11 is 0. The first-order valence-corrected chi connectivity index (χ1v) is 11.6. The Kier molecular flexibility index (Phi) is 7.89. The van der Waals surface area contributed by atoms with Crippen LogP contribution in [0.5, 0.6) is 11.5 Å². The van der Waals surface area contributed by atoms with Crippen molar-refractivity contribution in [2.75, 3.05) is 31.1 Å². The summed E-state index contributed by atoms with van der Waals surface area (Å²) in [5.41, 5.74) is 1.43. The van der Waals surface area contributed by atoms with Crippen molar-refractivity contribution in [3.05, 3.63) is 84.2 Å². The zero-order valence-electron chi connectivity index (χ0n) is 18.3. The summed E-state index contributed by atoms with van der Waals surface area (Å²) < 4.78 is 50.9. The molecule has 0 bridgehead atoms. The molecule has 0 atom stereocenters. The van der Waals surface area contributed by atoms with E-state index in [4.69, 9.17) is 9.47 Å². The summed E-state index contributed by atoms with van der Waals surface area (Å²) in [6.45, 7) is 1.97. The van der Waals surface area contributed by atoms with Crippen LogP contribution in [0.15, 0.2) is 77.7 Å². The first-order valence-electron chi connectivity index (χ1n) is 10.2. The predicted molar refractivity (Wildman–Crippen MR) is 124 cm³/mol. The zero-order valence-corrected chi connectivity index (χ0v) is 19.1. The van der Waals surface area contributed by atoms with Gasteiger partial charge in [-0.1, -0.05) is 29.8 Å². The number of nitrogens with zero attached hydrogens (tertiary/aromatic N) is 1. The molecule has 7 nitrogen and oxygen atoms in total. The SMILES string of the molecule is Cc1ccc(S(=O)(=O)N(C)c2ccc(OCC(=O)NCCOc3ccccc3F)cc2)cc1. The molecule has 0 radical (unpaired) electrons. The molecule has 0 aliphatic carbocycles. The lowest BCUT2D eigenvalue weighted by Crippen LogP contribution is -2.32. The summed E-state index contributed by atoms with van der Waals surface area (Å²) in [4.78, 5) is 12.1. The van der Waals surface area contributed by atoms with Gasteiger partial charge in [0.25, 0.3) is 15.9 Å². The van der Waals surface area contributed by atoms with Crippen LogP contribution in [0.1, 0.15) is 5.56 Å². The Morgan fingerprint density at radius 1 is 0.970 bits per heavy atom. The number of rotatable bonds is 10. The van der Waals surface area contributed by atoms with E-state index in [0.717, 1.165) is 5.56 Å². The van der Waals surface area contributed by atoms with Gasteiger partial charge in [-0.15, -0.1) is 0 Å². The highest BCUT2D eigenvalue weighted by atomic mass is 32.2. The standard InChI is InChI=1S/C24H25FN2O5S/c1-18-7-13-21(14-8-18)33(29,30)27(2)19-9-11-20(12-10-19)32-17-24(28)26-15-16-31-23-6-4-3-5-22(23)25/h3-14H,15-17H2,1-2H3,(H,26,28). The minimum absolute atomic E-state index is 0.114. The Balaban J connectivity index is 1.46. The number of carbonyl (C=O) groups excluding carboxylic acids is 1. The molecular formula is C24H25FN2O5S. The van der Waals surface area contributed by atoms with E-state index in [2.05, 4.69) is 5.32 Å². The van der Waals surface area contributed by atoms with Gasteiger partial charge in [-0.25, -0.2) is 12.8 Å². The molecular weight excluding hydrogens is 447 g/mol. The van der Waals surface area contributed by atoms with Crippen molar-refractivity contribution in [3.8, 4) is 11.5 Å². The maximum Gasteiger partial charge on any atom is 0.264 e. The van der Waals surface area contributed by atoms with E-state index in [0.29, 0.717) is 11.4 Å². The molecule has 33 heavy (non-hydrogen) atoms. The van der Waals surface area contributed by atoms with E-state index in [1.54, 1.807) is 60.7 Å². The zero-order chi connectivity index (χ0) is 23.8. The summed E-state index contributed by atoms with van der Waals surface area (Å²) in [5.74, 6) is -0.293.